The second-order valence-corrected chi connectivity index (χ2v) is 14.1. The first kappa shape index (κ1) is 14.5. The molecule has 0 unspecified atom stereocenters. The molecule has 3 heteroatoms. The Kier molecular flexibility index (Phi) is 3.93. The molecule has 1 heterocycles. The number of anilines is 1. The van der Waals surface area contributed by atoms with Gasteiger partial charge in [-0.1, -0.05) is 57.1 Å². The SMILES string of the molecule is C[Si](C)(C)CC1(N2SCc3ccccc32)CCCCC1. The summed E-state index contributed by atoms with van der Waals surface area (Å²) in [5.41, 5.74) is 3.50. The molecule has 0 amide bonds. The molecule has 1 aromatic rings. The summed E-state index contributed by atoms with van der Waals surface area (Å²) in [6.45, 7) is 7.61. The molecule has 0 radical (unpaired) electrons. The van der Waals surface area contributed by atoms with Crippen LogP contribution >= 0.6 is 11.9 Å². The maximum absolute atomic E-state index is 2.74. The average Bonchev–Trinajstić information content (AvgIpc) is 2.82. The van der Waals surface area contributed by atoms with E-state index in [1.54, 1.807) is 0 Å². The van der Waals surface area contributed by atoms with Crippen LogP contribution in [0.2, 0.25) is 25.7 Å². The van der Waals surface area contributed by atoms with Gasteiger partial charge in [-0.15, -0.1) is 0 Å². The van der Waals surface area contributed by atoms with E-state index < -0.39 is 8.07 Å². The van der Waals surface area contributed by atoms with Gasteiger partial charge in [0.25, 0.3) is 0 Å². The first-order valence-corrected chi connectivity index (χ1v) is 12.7. The summed E-state index contributed by atoms with van der Waals surface area (Å²) in [6, 6.07) is 10.5. The zero-order valence-corrected chi connectivity index (χ0v) is 14.9. The van der Waals surface area contributed by atoms with Crippen molar-refractivity contribution in [1.29, 1.82) is 0 Å². The summed E-state index contributed by atoms with van der Waals surface area (Å²) in [5, 5.41) is 0. The molecule has 2 aliphatic rings. The second-order valence-electron chi connectivity index (χ2n) is 7.72. The second kappa shape index (κ2) is 5.41. The Morgan fingerprint density at radius 2 is 1.80 bits per heavy atom. The molecule has 0 saturated heterocycles. The number of benzene rings is 1. The summed E-state index contributed by atoms with van der Waals surface area (Å²) in [6.07, 6.45) is 7.08. The molecule has 0 N–H and O–H groups in total. The van der Waals surface area contributed by atoms with E-state index in [9.17, 15) is 0 Å². The molecule has 20 heavy (non-hydrogen) atoms. The monoisotopic (exact) mass is 305 g/mol. The molecule has 0 atom stereocenters. The average molecular weight is 306 g/mol. The van der Waals surface area contributed by atoms with Crippen LogP contribution in [0.5, 0.6) is 0 Å². The van der Waals surface area contributed by atoms with E-state index in [4.69, 9.17) is 0 Å². The van der Waals surface area contributed by atoms with Gasteiger partial charge in [0.1, 0.15) is 0 Å². The number of hydrogen-bond acceptors (Lipinski definition) is 2. The Morgan fingerprint density at radius 1 is 1.10 bits per heavy atom. The number of nitrogens with zero attached hydrogens (tertiary/aromatic N) is 1. The maximum Gasteiger partial charge on any atom is 0.0517 e. The van der Waals surface area contributed by atoms with E-state index >= 15 is 0 Å². The van der Waals surface area contributed by atoms with Gasteiger partial charge >= 0.3 is 0 Å². The first-order chi connectivity index (χ1) is 9.50. The summed E-state index contributed by atoms with van der Waals surface area (Å²) in [4.78, 5) is 0. The third kappa shape index (κ3) is 2.80. The summed E-state index contributed by atoms with van der Waals surface area (Å²) in [7, 11) is -1.06. The lowest BCUT2D eigenvalue weighted by atomic mass is 9.82. The van der Waals surface area contributed by atoms with Gasteiger partial charge in [0.05, 0.1) is 5.69 Å². The molecule has 1 aliphatic heterocycles. The summed E-state index contributed by atoms with van der Waals surface area (Å²) < 4.78 is 2.74. The largest absolute Gasteiger partial charge is 0.310 e. The molecule has 0 aromatic heterocycles. The number of para-hydroxylation sites is 1. The predicted octanol–water partition coefficient (Wildman–Crippen LogP) is 5.70. The van der Waals surface area contributed by atoms with Gasteiger partial charge in [0.15, 0.2) is 0 Å². The van der Waals surface area contributed by atoms with Gasteiger partial charge in [-0.25, -0.2) is 0 Å². The Morgan fingerprint density at radius 3 is 2.50 bits per heavy atom. The topological polar surface area (TPSA) is 3.24 Å². The zero-order valence-electron chi connectivity index (χ0n) is 13.1. The van der Waals surface area contributed by atoms with Crippen LogP contribution in [-0.4, -0.2) is 13.6 Å². The van der Waals surface area contributed by atoms with Gasteiger partial charge < -0.3 is 4.31 Å². The van der Waals surface area contributed by atoms with Crippen molar-refractivity contribution in [2.24, 2.45) is 0 Å². The van der Waals surface area contributed by atoms with Crippen LogP contribution in [0.25, 0.3) is 0 Å². The molecule has 0 spiro atoms. The van der Waals surface area contributed by atoms with Crippen LogP contribution in [0.4, 0.5) is 5.69 Å². The number of hydrogen-bond donors (Lipinski definition) is 0. The summed E-state index contributed by atoms with van der Waals surface area (Å²) >= 11 is 2.07. The maximum atomic E-state index is 2.74. The normalized spacial score (nSPS) is 21.9. The van der Waals surface area contributed by atoms with E-state index in [0.29, 0.717) is 5.54 Å². The van der Waals surface area contributed by atoms with Gasteiger partial charge in [-0.2, -0.15) is 0 Å². The van der Waals surface area contributed by atoms with Crippen molar-refractivity contribution in [2.45, 2.75) is 69.1 Å². The van der Waals surface area contributed by atoms with Crippen LogP contribution in [0.1, 0.15) is 37.7 Å². The molecule has 1 nitrogen and oxygen atoms in total. The highest BCUT2D eigenvalue weighted by atomic mass is 32.2. The fraction of sp³-hybridized carbons (Fsp3) is 0.647. The van der Waals surface area contributed by atoms with Crippen molar-refractivity contribution in [2.75, 3.05) is 4.31 Å². The lowest BCUT2D eigenvalue weighted by Crippen LogP contribution is -2.50. The molecule has 1 saturated carbocycles. The lowest BCUT2D eigenvalue weighted by molar-refractivity contribution is 0.327. The number of rotatable bonds is 3. The van der Waals surface area contributed by atoms with Gasteiger partial charge in [-0.3, -0.25) is 0 Å². The minimum atomic E-state index is -1.06. The fourth-order valence-corrected chi connectivity index (χ4v) is 8.03. The Bertz CT molecular complexity index is 474. The highest BCUT2D eigenvalue weighted by Gasteiger charge is 2.44. The highest BCUT2D eigenvalue weighted by Crippen LogP contribution is 2.50. The van der Waals surface area contributed by atoms with E-state index in [2.05, 4.69) is 60.2 Å². The molecular formula is C17H27NSSi. The molecule has 1 aromatic carbocycles. The van der Waals surface area contributed by atoms with Crippen molar-refractivity contribution in [3.8, 4) is 0 Å². The van der Waals surface area contributed by atoms with E-state index in [1.165, 1.54) is 55.2 Å². The third-order valence-corrected chi connectivity index (χ3v) is 7.64. The van der Waals surface area contributed by atoms with Crippen molar-refractivity contribution >= 4 is 25.7 Å². The third-order valence-electron chi connectivity index (χ3n) is 4.63. The lowest BCUT2D eigenvalue weighted by Gasteiger charge is -2.48. The van der Waals surface area contributed by atoms with E-state index in [1.807, 2.05) is 0 Å². The Balaban J connectivity index is 1.94. The van der Waals surface area contributed by atoms with Crippen LogP contribution in [0.3, 0.4) is 0 Å². The first-order valence-electron chi connectivity index (χ1n) is 8.01. The molecule has 1 aliphatic carbocycles. The Labute approximate surface area is 129 Å². The standard InChI is InChI=1S/C17H27NSSi/c1-20(2,3)14-17(11-7-4-8-12-17)18-16-10-6-5-9-15(16)13-19-18/h5-6,9-10H,4,7-8,11-14H2,1-3H3. The number of fused-ring (bicyclic) bond motifs is 1. The highest BCUT2D eigenvalue weighted by molar-refractivity contribution is 8.00. The van der Waals surface area contributed by atoms with E-state index in [0.717, 1.165) is 0 Å². The van der Waals surface area contributed by atoms with Crippen molar-refractivity contribution in [3.05, 3.63) is 29.8 Å². The van der Waals surface area contributed by atoms with Crippen molar-refractivity contribution < 1.29 is 0 Å². The molecule has 1 fully saturated rings. The van der Waals surface area contributed by atoms with Crippen molar-refractivity contribution in [1.82, 2.24) is 0 Å². The van der Waals surface area contributed by atoms with E-state index in [-0.39, 0.29) is 0 Å². The van der Waals surface area contributed by atoms with Gasteiger partial charge in [-0.05, 0) is 42.5 Å². The zero-order chi connectivity index (χ0) is 14.2. The van der Waals surface area contributed by atoms with Gasteiger partial charge in [0, 0.05) is 19.4 Å². The molecule has 110 valence electrons. The quantitative estimate of drug-likeness (QED) is 0.521. The van der Waals surface area contributed by atoms with Gasteiger partial charge in [0.2, 0.25) is 0 Å². The molecular weight excluding hydrogens is 278 g/mol. The smallest absolute Gasteiger partial charge is 0.0517 e. The van der Waals surface area contributed by atoms with Crippen LogP contribution < -0.4 is 4.31 Å². The van der Waals surface area contributed by atoms with Crippen molar-refractivity contribution in [3.63, 3.8) is 0 Å². The predicted molar refractivity (Wildman–Crippen MR) is 94.2 cm³/mol. The van der Waals surface area contributed by atoms with Crippen LogP contribution in [0, 0.1) is 0 Å². The fourth-order valence-electron chi connectivity index (χ4n) is 4.08. The minimum absolute atomic E-state index is 0.444. The van der Waals surface area contributed by atoms with Crippen LogP contribution in [-0.2, 0) is 5.75 Å². The summed E-state index contributed by atoms with van der Waals surface area (Å²) in [5.74, 6) is 1.17. The van der Waals surface area contributed by atoms with Crippen LogP contribution in [0.15, 0.2) is 24.3 Å². The Hall–Kier alpha value is -0.413. The molecule has 0 bridgehead atoms. The molecule has 3 rings (SSSR count). The minimum Gasteiger partial charge on any atom is -0.310 e.